The summed E-state index contributed by atoms with van der Waals surface area (Å²) in [5.74, 6) is 0.488. The molecule has 0 saturated carbocycles. The number of likely N-dealkylation sites (N-methyl/N-ethyl adjacent to an activating group) is 1. The second kappa shape index (κ2) is 6.68. The molecule has 0 bridgehead atoms. The van der Waals surface area contributed by atoms with Gasteiger partial charge in [0.25, 0.3) is 0 Å². The van der Waals surface area contributed by atoms with Crippen LogP contribution in [0.3, 0.4) is 0 Å². The molecule has 0 aromatic carbocycles. The van der Waals surface area contributed by atoms with E-state index < -0.39 is 9.84 Å². The van der Waals surface area contributed by atoms with Gasteiger partial charge in [0.15, 0.2) is 9.84 Å². The van der Waals surface area contributed by atoms with Crippen molar-refractivity contribution in [1.29, 1.82) is 0 Å². The van der Waals surface area contributed by atoms with Crippen LogP contribution in [-0.4, -0.2) is 75.5 Å². The lowest BCUT2D eigenvalue weighted by Crippen LogP contribution is -2.46. The molecule has 0 aromatic heterocycles. The Kier molecular flexibility index (Phi) is 5.85. The molecule has 0 aliphatic carbocycles. The van der Waals surface area contributed by atoms with Crippen molar-refractivity contribution in [3.05, 3.63) is 0 Å². The molecule has 5 nitrogen and oxygen atoms in total. The van der Waals surface area contributed by atoms with E-state index in [1.807, 2.05) is 6.92 Å². The molecule has 1 rings (SSSR count). The highest BCUT2D eigenvalue weighted by atomic mass is 32.2. The molecule has 17 heavy (non-hydrogen) atoms. The smallest absolute Gasteiger partial charge is 0.151 e. The van der Waals surface area contributed by atoms with Crippen LogP contribution in [0.5, 0.6) is 0 Å². The van der Waals surface area contributed by atoms with Gasteiger partial charge >= 0.3 is 0 Å². The Balaban J connectivity index is 2.25. The zero-order chi connectivity index (χ0) is 12.9. The largest absolute Gasteiger partial charge is 0.328 e. The minimum absolute atomic E-state index is 0.0339. The molecular formula is C11H25N3O2S. The zero-order valence-corrected chi connectivity index (χ0v) is 11.7. The van der Waals surface area contributed by atoms with Crippen LogP contribution in [0.15, 0.2) is 0 Å². The predicted octanol–water partition coefficient (Wildman–Crippen LogP) is -0.614. The Morgan fingerprint density at radius 3 is 2.29 bits per heavy atom. The molecule has 1 heterocycles. The predicted molar refractivity (Wildman–Crippen MR) is 70.9 cm³/mol. The lowest BCUT2D eigenvalue weighted by Gasteiger charge is -2.32. The van der Waals surface area contributed by atoms with E-state index in [1.54, 1.807) is 0 Å². The van der Waals surface area contributed by atoms with Crippen molar-refractivity contribution in [1.82, 2.24) is 9.80 Å². The summed E-state index contributed by atoms with van der Waals surface area (Å²) in [6, 6.07) is -0.0339. The molecule has 1 aliphatic rings. The van der Waals surface area contributed by atoms with Crippen molar-refractivity contribution in [3.8, 4) is 0 Å². The van der Waals surface area contributed by atoms with E-state index >= 15 is 0 Å². The zero-order valence-electron chi connectivity index (χ0n) is 10.9. The molecule has 0 spiro atoms. The fraction of sp³-hybridized carbons (Fsp3) is 1.00. The Labute approximate surface area is 105 Å². The van der Waals surface area contributed by atoms with E-state index in [0.29, 0.717) is 13.0 Å². The number of hydrogen-bond acceptors (Lipinski definition) is 5. The normalized spacial score (nSPS) is 21.6. The molecule has 1 atom stereocenters. The van der Waals surface area contributed by atoms with Crippen molar-refractivity contribution in [3.63, 3.8) is 0 Å². The van der Waals surface area contributed by atoms with Crippen LogP contribution in [0, 0.1) is 0 Å². The molecule has 2 N–H and O–H groups in total. The summed E-state index contributed by atoms with van der Waals surface area (Å²) in [5.41, 5.74) is 5.57. The third kappa shape index (κ3) is 6.35. The van der Waals surface area contributed by atoms with E-state index in [1.165, 1.54) is 0 Å². The standard InChI is InChI=1S/C11H25N3O2S/c1-11(12)3-9-17(15,16)10-8-14-6-4-13(2)5-7-14/h11H,3-10,12H2,1-2H3. The van der Waals surface area contributed by atoms with E-state index in [4.69, 9.17) is 5.73 Å². The lowest BCUT2D eigenvalue weighted by atomic mass is 10.3. The first-order valence-corrected chi connectivity index (χ1v) is 8.08. The highest BCUT2D eigenvalue weighted by Gasteiger charge is 2.17. The van der Waals surface area contributed by atoms with Crippen LogP contribution < -0.4 is 5.73 Å². The van der Waals surface area contributed by atoms with Gasteiger partial charge < -0.3 is 10.6 Å². The van der Waals surface area contributed by atoms with Crippen molar-refractivity contribution in [2.24, 2.45) is 5.73 Å². The van der Waals surface area contributed by atoms with Gasteiger partial charge in [-0.15, -0.1) is 0 Å². The number of rotatable bonds is 6. The molecular weight excluding hydrogens is 238 g/mol. The van der Waals surface area contributed by atoms with E-state index in [0.717, 1.165) is 26.2 Å². The first-order valence-electron chi connectivity index (χ1n) is 6.26. The Morgan fingerprint density at radius 2 is 1.76 bits per heavy atom. The summed E-state index contributed by atoms with van der Waals surface area (Å²) in [4.78, 5) is 4.49. The van der Waals surface area contributed by atoms with Crippen LogP contribution in [0.25, 0.3) is 0 Å². The van der Waals surface area contributed by atoms with Crippen LogP contribution in [0.1, 0.15) is 13.3 Å². The summed E-state index contributed by atoms with van der Waals surface area (Å²) >= 11 is 0. The van der Waals surface area contributed by atoms with Gasteiger partial charge in [0, 0.05) is 38.8 Å². The maximum absolute atomic E-state index is 11.7. The molecule has 1 saturated heterocycles. The van der Waals surface area contributed by atoms with Gasteiger partial charge in [0.1, 0.15) is 0 Å². The summed E-state index contributed by atoms with van der Waals surface area (Å²) in [7, 11) is -0.831. The van der Waals surface area contributed by atoms with E-state index in [9.17, 15) is 8.42 Å². The second-order valence-electron chi connectivity index (χ2n) is 5.06. The third-order valence-corrected chi connectivity index (χ3v) is 4.86. The van der Waals surface area contributed by atoms with Gasteiger partial charge in [-0.25, -0.2) is 8.42 Å². The van der Waals surface area contributed by atoms with Crippen LogP contribution in [0.2, 0.25) is 0 Å². The SMILES string of the molecule is CC(N)CCS(=O)(=O)CCN1CCN(C)CC1. The molecule has 0 aromatic rings. The minimum atomic E-state index is -2.92. The average molecular weight is 263 g/mol. The van der Waals surface area contributed by atoms with Gasteiger partial charge in [-0.05, 0) is 20.4 Å². The number of nitrogens with zero attached hydrogens (tertiary/aromatic N) is 2. The quantitative estimate of drug-likeness (QED) is 0.692. The minimum Gasteiger partial charge on any atom is -0.328 e. The van der Waals surface area contributed by atoms with Gasteiger partial charge in [-0.1, -0.05) is 0 Å². The Morgan fingerprint density at radius 1 is 1.18 bits per heavy atom. The molecule has 1 aliphatic heterocycles. The average Bonchev–Trinajstić information content (AvgIpc) is 2.26. The van der Waals surface area contributed by atoms with Crippen LogP contribution >= 0.6 is 0 Å². The molecule has 0 radical (unpaired) electrons. The first kappa shape index (κ1) is 14.9. The Hall–Kier alpha value is -0.170. The highest BCUT2D eigenvalue weighted by molar-refractivity contribution is 7.91. The second-order valence-corrected chi connectivity index (χ2v) is 7.37. The van der Waals surface area contributed by atoms with Crippen molar-refractivity contribution < 1.29 is 8.42 Å². The van der Waals surface area contributed by atoms with E-state index in [-0.39, 0.29) is 17.5 Å². The molecule has 102 valence electrons. The first-order chi connectivity index (χ1) is 7.89. The maximum atomic E-state index is 11.7. The lowest BCUT2D eigenvalue weighted by molar-refractivity contribution is 0.161. The van der Waals surface area contributed by atoms with Gasteiger partial charge in [0.2, 0.25) is 0 Å². The van der Waals surface area contributed by atoms with Crippen LogP contribution in [0.4, 0.5) is 0 Å². The molecule has 1 fully saturated rings. The summed E-state index contributed by atoms with van der Waals surface area (Å²) in [6.45, 7) is 6.50. The fourth-order valence-electron chi connectivity index (χ4n) is 1.81. The van der Waals surface area contributed by atoms with Crippen molar-refractivity contribution >= 4 is 9.84 Å². The number of nitrogens with two attached hydrogens (primary N) is 1. The topological polar surface area (TPSA) is 66.6 Å². The summed E-state index contributed by atoms with van der Waals surface area (Å²) in [6.07, 6.45) is 0.561. The van der Waals surface area contributed by atoms with Crippen LogP contribution in [-0.2, 0) is 9.84 Å². The molecule has 6 heteroatoms. The highest BCUT2D eigenvalue weighted by Crippen LogP contribution is 2.02. The van der Waals surface area contributed by atoms with Gasteiger partial charge in [-0.2, -0.15) is 0 Å². The summed E-state index contributed by atoms with van der Waals surface area (Å²) in [5, 5.41) is 0. The number of piperazine rings is 1. The van der Waals surface area contributed by atoms with Gasteiger partial charge in [-0.3, -0.25) is 4.90 Å². The maximum Gasteiger partial charge on any atom is 0.151 e. The summed E-state index contributed by atoms with van der Waals surface area (Å²) < 4.78 is 23.5. The fourth-order valence-corrected chi connectivity index (χ4v) is 3.28. The number of hydrogen-bond donors (Lipinski definition) is 1. The van der Waals surface area contributed by atoms with E-state index in [2.05, 4.69) is 16.8 Å². The molecule has 1 unspecified atom stereocenters. The van der Waals surface area contributed by atoms with Gasteiger partial charge in [0.05, 0.1) is 11.5 Å². The van der Waals surface area contributed by atoms with Crippen molar-refractivity contribution in [2.45, 2.75) is 19.4 Å². The monoisotopic (exact) mass is 263 g/mol. The molecule has 0 amide bonds. The number of sulfone groups is 1. The van der Waals surface area contributed by atoms with Crippen molar-refractivity contribution in [2.75, 3.05) is 51.3 Å². The third-order valence-electron chi connectivity index (χ3n) is 3.20. The Bertz CT molecular complexity index is 309.